The van der Waals surface area contributed by atoms with Crippen LogP contribution in [0, 0.1) is 0 Å². The molecule has 0 aromatic rings. The first kappa shape index (κ1) is 24.8. The van der Waals surface area contributed by atoms with Gasteiger partial charge in [0.25, 0.3) is 0 Å². The summed E-state index contributed by atoms with van der Waals surface area (Å²) < 4.78 is 21.6. The average Bonchev–Trinajstić information content (AvgIpc) is 2.52. The lowest BCUT2D eigenvalue weighted by Gasteiger charge is -2.36. The first-order valence-electron chi connectivity index (χ1n) is 7.46. The highest BCUT2D eigenvalue weighted by Gasteiger charge is 2.52. The normalized spacial score (nSPS) is 16.0. The molecule has 0 fully saturated rings. The lowest BCUT2D eigenvalue weighted by molar-refractivity contribution is -0.205. The Kier molecular flexibility index (Phi) is 9.94. The Hall–Kier alpha value is -2.21. The molecule has 0 spiro atoms. The van der Waals surface area contributed by atoms with Crippen molar-refractivity contribution < 1.29 is 52.8 Å². The fraction of sp³-hybridized carbons (Fsp3) is 0.667. The van der Waals surface area contributed by atoms with Crippen molar-refractivity contribution in [2.45, 2.75) is 50.5 Å². The second kappa shape index (κ2) is 10.8. The molecule has 0 unspecified atom stereocenters. The largest absolute Gasteiger partial charge is 0.466 e. The fourth-order valence-corrected chi connectivity index (χ4v) is 2.36. The zero-order valence-electron chi connectivity index (χ0n) is 15.3. The van der Waals surface area contributed by atoms with Gasteiger partial charge in [-0.2, -0.15) is 0 Å². The molecule has 4 atom stereocenters. The number of hydrogen-bond acceptors (Lipinski definition) is 11. The molecule has 154 valence electrons. The number of rotatable bonds is 9. The molecule has 0 aromatic heterocycles. The smallest absolute Gasteiger partial charge is 0.351 e. The summed E-state index contributed by atoms with van der Waals surface area (Å²) in [7, 11) is 0.976. The minimum atomic E-state index is -2.31. The number of aliphatic hydroxyl groups is 1. The van der Waals surface area contributed by atoms with Gasteiger partial charge in [0.2, 0.25) is 6.10 Å². The molecule has 0 rings (SSSR count). The molecule has 0 aliphatic carbocycles. The number of alkyl halides is 1. The molecule has 0 aromatic carbocycles. The van der Waals surface area contributed by atoms with Crippen molar-refractivity contribution in [1.82, 2.24) is 0 Å². The van der Waals surface area contributed by atoms with Gasteiger partial charge in [-0.15, -0.1) is 0 Å². The van der Waals surface area contributed by atoms with Gasteiger partial charge in [-0.05, 0) is 15.9 Å². The van der Waals surface area contributed by atoms with E-state index in [9.17, 15) is 29.1 Å². The van der Waals surface area contributed by atoms with Gasteiger partial charge in [-0.1, -0.05) is 0 Å². The van der Waals surface area contributed by atoms with Crippen LogP contribution in [0.1, 0.15) is 27.7 Å². The van der Waals surface area contributed by atoms with Crippen molar-refractivity contribution in [1.29, 1.82) is 0 Å². The van der Waals surface area contributed by atoms with Crippen molar-refractivity contribution >= 4 is 45.8 Å². The van der Waals surface area contributed by atoms with Crippen LogP contribution >= 0.6 is 15.9 Å². The fourth-order valence-electron chi connectivity index (χ4n) is 1.89. The third-order valence-electron chi connectivity index (χ3n) is 2.83. The van der Waals surface area contributed by atoms with Gasteiger partial charge in [0.1, 0.15) is 6.61 Å². The zero-order chi connectivity index (χ0) is 21.4. The number of esters is 5. The maximum absolute atomic E-state index is 12.0. The summed E-state index contributed by atoms with van der Waals surface area (Å²) >= 11 is 2.82. The lowest BCUT2D eigenvalue weighted by atomic mass is 10.0. The summed E-state index contributed by atoms with van der Waals surface area (Å²) in [5.74, 6) is -4.76. The molecule has 0 bridgehead atoms. The molecule has 0 heterocycles. The van der Waals surface area contributed by atoms with Gasteiger partial charge in [-0.3, -0.25) is 19.2 Å². The number of halogens is 1. The van der Waals surface area contributed by atoms with Crippen molar-refractivity contribution in [2.75, 3.05) is 13.7 Å². The van der Waals surface area contributed by atoms with Gasteiger partial charge in [0.05, 0.1) is 7.11 Å². The van der Waals surface area contributed by atoms with Crippen molar-refractivity contribution in [2.24, 2.45) is 0 Å². The minimum absolute atomic E-state index is 0.758. The van der Waals surface area contributed by atoms with Crippen molar-refractivity contribution in [3.63, 3.8) is 0 Å². The molecule has 0 amide bonds. The van der Waals surface area contributed by atoms with E-state index in [-0.39, 0.29) is 0 Å². The Morgan fingerprint density at radius 2 is 1.37 bits per heavy atom. The van der Waals surface area contributed by atoms with Crippen molar-refractivity contribution in [3.05, 3.63) is 0 Å². The summed E-state index contributed by atoms with van der Waals surface area (Å²) in [5, 5.41) is 10.6. The highest BCUT2D eigenvalue weighted by Crippen LogP contribution is 2.30. The SMILES string of the molecule is COC(=O)[C@H](OC(C)=O)[C@@H](OC(C)=O)[C@H](OC(C)=O)[C@@](O)(Br)COC(C)=O. The average molecular weight is 457 g/mol. The monoisotopic (exact) mass is 456 g/mol. The quantitative estimate of drug-likeness (QED) is 0.274. The third-order valence-corrected chi connectivity index (χ3v) is 3.51. The van der Waals surface area contributed by atoms with Crippen LogP contribution in [-0.4, -0.2) is 71.5 Å². The molecule has 27 heavy (non-hydrogen) atoms. The van der Waals surface area contributed by atoms with Crippen LogP contribution in [0.2, 0.25) is 0 Å². The van der Waals surface area contributed by atoms with Gasteiger partial charge < -0.3 is 28.8 Å². The molecule has 0 aliphatic rings. The van der Waals surface area contributed by atoms with Gasteiger partial charge in [-0.25, -0.2) is 4.79 Å². The Morgan fingerprint density at radius 1 is 0.889 bits per heavy atom. The van der Waals surface area contributed by atoms with Gasteiger partial charge >= 0.3 is 29.8 Å². The van der Waals surface area contributed by atoms with Crippen LogP contribution < -0.4 is 0 Å². The van der Waals surface area contributed by atoms with E-state index in [0.717, 1.165) is 34.8 Å². The van der Waals surface area contributed by atoms with Gasteiger partial charge in [0, 0.05) is 27.7 Å². The van der Waals surface area contributed by atoms with E-state index in [1.54, 1.807) is 0 Å². The van der Waals surface area contributed by atoms with E-state index in [1.165, 1.54) is 0 Å². The minimum Gasteiger partial charge on any atom is -0.466 e. The lowest BCUT2D eigenvalue weighted by Crippen LogP contribution is -2.58. The van der Waals surface area contributed by atoms with E-state index < -0.39 is 59.3 Å². The molecule has 0 radical (unpaired) electrons. The molecular weight excluding hydrogens is 436 g/mol. The number of carbonyl (C=O) groups excluding carboxylic acids is 5. The van der Waals surface area contributed by atoms with Crippen LogP contribution in [-0.2, 0) is 47.7 Å². The molecule has 12 heteroatoms. The van der Waals surface area contributed by atoms with E-state index >= 15 is 0 Å². The predicted octanol–water partition coefficient (Wildman–Crippen LogP) is -0.399. The van der Waals surface area contributed by atoms with E-state index in [4.69, 9.17) is 14.2 Å². The molecule has 0 saturated carbocycles. The number of ether oxygens (including phenoxy) is 5. The highest BCUT2D eigenvalue weighted by atomic mass is 79.9. The first-order chi connectivity index (χ1) is 12.3. The van der Waals surface area contributed by atoms with E-state index in [2.05, 4.69) is 25.4 Å². The first-order valence-corrected chi connectivity index (χ1v) is 8.25. The van der Waals surface area contributed by atoms with Crippen LogP contribution in [0.4, 0.5) is 0 Å². The number of carbonyl (C=O) groups is 5. The Bertz CT molecular complexity index is 586. The molecule has 1 N–H and O–H groups in total. The van der Waals surface area contributed by atoms with Crippen molar-refractivity contribution in [3.8, 4) is 0 Å². The Morgan fingerprint density at radius 3 is 1.74 bits per heavy atom. The predicted molar refractivity (Wildman–Crippen MR) is 89.2 cm³/mol. The third kappa shape index (κ3) is 8.82. The molecule has 11 nitrogen and oxygen atoms in total. The summed E-state index contributed by atoms with van der Waals surface area (Å²) in [6, 6.07) is 0. The zero-order valence-corrected chi connectivity index (χ0v) is 16.9. The van der Waals surface area contributed by atoms with Gasteiger partial charge in [0.15, 0.2) is 16.7 Å². The topological polar surface area (TPSA) is 152 Å². The summed E-state index contributed by atoms with van der Waals surface area (Å²) in [5.41, 5.74) is 0. The Balaban J connectivity index is 6.13. The maximum atomic E-state index is 12.0. The Labute approximate surface area is 163 Å². The molecule has 0 saturated heterocycles. The summed E-state index contributed by atoms with van der Waals surface area (Å²) in [6.07, 6.45) is -5.55. The number of hydrogen-bond donors (Lipinski definition) is 1. The molecule has 0 aliphatic heterocycles. The molecular formula is C15H21BrO11. The van der Waals surface area contributed by atoms with Crippen LogP contribution in [0.5, 0.6) is 0 Å². The summed E-state index contributed by atoms with van der Waals surface area (Å²) in [4.78, 5) is 57.4. The van der Waals surface area contributed by atoms with E-state index in [0.29, 0.717) is 0 Å². The second-order valence-corrected chi connectivity index (χ2v) is 6.63. The van der Waals surface area contributed by atoms with Crippen LogP contribution in [0.25, 0.3) is 0 Å². The standard InChI is InChI=1S/C15H21BrO11/c1-7(17)24-6-15(16,22)13(27-10(4)20)11(25-8(2)18)12(14(21)23-5)26-9(3)19/h11-13,22H,6H2,1-5H3/t11-,12-,13+,15-/m1/s1. The maximum Gasteiger partial charge on any atom is 0.351 e. The van der Waals surface area contributed by atoms with Crippen LogP contribution in [0.15, 0.2) is 0 Å². The second-order valence-electron chi connectivity index (χ2n) is 5.26. The summed E-state index contributed by atoms with van der Waals surface area (Å²) in [6.45, 7) is 3.22. The van der Waals surface area contributed by atoms with E-state index in [1.807, 2.05) is 0 Å². The number of methoxy groups -OCH3 is 1. The highest BCUT2D eigenvalue weighted by molar-refractivity contribution is 9.10. The van der Waals surface area contributed by atoms with Crippen LogP contribution in [0.3, 0.4) is 0 Å².